The number of amides is 2. The van der Waals surface area contributed by atoms with Gasteiger partial charge in [0.2, 0.25) is 0 Å². The van der Waals surface area contributed by atoms with Crippen LogP contribution in [0.5, 0.6) is 23.0 Å². The van der Waals surface area contributed by atoms with Gasteiger partial charge in [-0.25, -0.2) is 10.9 Å². The minimum atomic E-state index is -0.452. The fourth-order valence-electron chi connectivity index (χ4n) is 2.97. The van der Waals surface area contributed by atoms with Gasteiger partial charge in [0.25, 0.3) is 11.8 Å². The maximum Gasteiger partial charge on any atom is 0.277 e. The van der Waals surface area contributed by atoms with Crippen molar-refractivity contribution in [2.75, 3.05) is 27.4 Å². The number of hydrogen-bond donors (Lipinski definition) is 2. The smallest absolute Gasteiger partial charge is 0.277 e. The number of methoxy groups -OCH3 is 2. The monoisotopic (exact) mass is 646 g/mol. The van der Waals surface area contributed by atoms with Gasteiger partial charge in [-0.15, -0.1) is 0 Å². The summed E-state index contributed by atoms with van der Waals surface area (Å²) >= 11 is 6.70. The van der Waals surface area contributed by atoms with Crippen LogP contribution in [0.1, 0.15) is 11.1 Å². The van der Waals surface area contributed by atoms with Crippen molar-refractivity contribution in [2.24, 2.45) is 10.2 Å². The van der Waals surface area contributed by atoms with Crippen molar-refractivity contribution in [1.82, 2.24) is 10.9 Å². The predicted molar refractivity (Wildman–Crippen MR) is 150 cm³/mol. The van der Waals surface area contributed by atoms with Crippen molar-refractivity contribution in [1.29, 1.82) is 0 Å². The number of carbonyl (C=O) groups excluding carboxylic acids is 2. The maximum absolute atomic E-state index is 12.1. The number of ether oxygens (including phenoxy) is 4. The van der Waals surface area contributed by atoms with Gasteiger partial charge in [0.15, 0.2) is 36.2 Å². The summed E-state index contributed by atoms with van der Waals surface area (Å²) in [5.41, 5.74) is 6.14. The number of benzene rings is 3. The lowest BCUT2D eigenvalue weighted by molar-refractivity contribution is -0.123. The third kappa shape index (κ3) is 8.89. The fourth-order valence-corrected chi connectivity index (χ4v) is 3.65. The van der Waals surface area contributed by atoms with Gasteiger partial charge in [-0.1, -0.05) is 56.1 Å². The molecule has 0 radical (unpaired) electrons. The van der Waals surface area contributed by atoms with E-state index in [0.29, 0.717) is 34.1 Å². The highest BCUT2D eigenvalue weighted by atomic mass is 79.9. The van der Waals surface area contributed by atoms with E-state index in [-0.39, 0.29) is 13.2 Å². The molecule has 10 nitrogen and oxygen atoms in total. The highest BCUT2D eigenvalue weighted by Crippen LogP contribution is 2.31. The Hall–Kier alpha value is -3.90. The number of rotatable bonds is 12. The molecular formula is C26H24Br2N4O6. The van der Waals surface area contributed by atoms with Crippen molar-refractivity contribution >= 4 is 56.1 Å². The van der Waals surface area contributed by atoms with E-state index in [4.69, 9.17) is 18.9 Å². The number of hydrazone groups is 2. The van der Waals surface area contributed by atoms with E-state index >= 15 is 0 Å². The van der Waals surface area contributed by atoms with Crippen molar-refractivity contribution in [2.45, 2.75) is 0 Å². The van der Waals surface area contributed by atoms with Gasteiger partial charge in [0.1, 0.15) is 0 Å². The van der Waals surface area contributed by atoms with Crippen LogP contribution in [-0.4, -0.2) is 51.7 Å². The van der Waals surface area contributed by atoms with Crippen LogP contribution >= 0.6 is 31.9 Å². The zero-order chi connectivity index (χ0) is 27.3. The van der Waals surface area contributed by atoms with Gasteiger partial charge in [0, 0.05) is 20.1 Å². The first-order valence-electron chi connectivity index (χ1n) is 11.0. The van der Waals surface area contributed by atoms with Crippen LogP contribution in [0.25, 0.3) is 0 Å². The Balaban J connectivity index is 1.49. The van der Waals surface area contributed by atoms with Crippen molar-refractivity contribution in [3.8, 4) is 23.0 Å². The molecule has 2 N–H and O–H groups in total. The molecule has 0 saturated heterocycles. The molecule has 0 spiro atoms. The lowest BCUT2D eigenvalue weighted by atomic mass is 10.1. The number of carbonyl (C=O) groups is 2. The largest absolute Gasteiger partial charge is 0.493 e. The fraction of sp³-hybridized carbons (Fsp3) is 0.154. The highest BCUT2D eigenvalue weighted by Gasteiger charge is 2.09. The quantitative estimate of drug-likeness (QED) is 0.224. The number of nitrogens with one attached hydrogen (secondary N) is 2. The molecule has 0 bridgehead atoms. The van der Waals surface area contributed by atoms with Crippen LogP contribution in [0.3, 0.4) is 0 Å². The number of halogens is 2. The zero-order valence-corrected chi connectivity index (χ0v) is 23.6. The van der Waals surface area contributed by atoms with Crippen LogP contribution in [0.2, 0.25) is 0 Å². The minimum Gasteiger partial charge on any atom is -0.493 e. The van der Waals surface area contributed by atoms with Gasteiger partial charge < -0.3 is 18.9 Å². The molecule has 3 aromatic rings. The molecule has 0 heterocycles. The standard InChI is InChI=1S/C26H24Br2N4O6/c1-35-23-11-19(27)7-9-21(23)37-15-25(33)31-29-13-17-5-3-4-6-18(17)14-30-32-26(34)16-38-22-10-8-20(28)12-24(22)36-2/h3-14H,15-16H2,1-2H3,(H,31,33)(H,32,34). The summed E-state index contributed by atoms with van der Waals surface area (Å²) < 4.78 is 23.1. The molecule has 2 amide bonds. The van der Waals surface area contributed by atoms with Gasteiger partial charge >= 0.3 is 0 Å². The SMILES string of the molecule is COc1cc(Br)ccc1OCC(=O)NN=Cc1ccccc1C=NNC(=O)COc1ccc(Br)cc1OC. The van der Waals surface area contributed by atoms with Crippen LogP contribution in [0.4, 0.5) is 0 Å². The average Bonchev–Trinajstić information content (AvgIpc) is 2.92. The van der Waals surface area contributed by atoms with Gasteiger partial charge in [-0.2, -0.15) is 10.2 Å². The van der Waals surface area contributed by atoms with E-state index in [0.717, 1.165) is 8.95 Å². The van der Waals surface area contributed by atoms with Gasteiger partial charge in [0.05, 0.1) is 26.6 Å². The Kier molecular flexibility index (Phi) is 11.1. The van der Waals surface area contributed by atoms with Crippen LogP contribution < -0.4 is 29.8 Å². The molecule has 198 valence electrons. The van der Waals surface area contributed by atoms with Crippen molar-refractivity contribution < 1.29 is 28.5 Å². The van der Waals surface area contributed by atoms with Gasteiger partial charge in [-0.3, -0.25) is 9.59 Å². The Morgan fingerprint density at radius 1 is 0.711 bits per heavy atom. The average molecular weight is 648 g/mol. The number of hydrogen-bond acceptors (Lipinski definition) is 8. The Morgan fingerprint density at radius 3 is 1.53 bits per heavy atom. The summed E-state index contributed by atoms with van der Waals surface area (Å²) in [6.45, 7) is -0.503. The molecule has 0 aliphatic rings. The summed E-state index contributed by atoms with van der Waals surface area (Å²) in [6.07, 6.45) is 2.93. The summed E-state index contributed by atoms with van der Waals surface area (Å²) in [5.74, 6) is 0.949. The molecule has 0 aliphatic carbocycles. The van der Waals surface area contributed by atoms with E-state index < -0.39 is 11.8 Å². The lowest BCUT2D eigenvalue weighted by Crippen LogP contribution is -2.25. The second-order valence-electron chi connectivity index (χ2n) is 7.38. The van der Waals surface area contributed by atoms with Crippen molar-refractivity contribution in [3.63, 3.8) is 0 Å². The van der Waals surface area contributed by atoms with Crippen molar-refractivity contribution in [3.05, 3.63) is 80.7 Å². The third-order valence-corrected chi connectivity index (χ3v) is 5.74. The molecule has 3 rings (SSSR count). The van der Waals surface area contributed by atoms with E-state index in [2.05, 4.69) is 52.9 Å². The van der Waals surface area contributed by atoms with Gasteiger partial charge in [-0.05, 0) is 36.4 Å². The normalized spacial score (nSPS) is 10.8. The Morgan fingerprint density at radius 2 is 1.13 bits per heavy atom. The minimum absolute atomic E-state index is 0.251. The summed E-state index contributed by atoms with van der Waals surface area (Å²) in [4.78, 5) is 24.3. The topological polar surface area (TPSA) is 120 Å². The Bertz CT molecular complexity index is 1230. The molecule has 12 heteroatoms. The van der Waals surface area contributed by atoms with E-state index in [1.165, 1.54) is 26.6 Å². The molecule has 0 aromatic heterocycles. The predicted octanol–water partition coefficient (Wildman–Crippen LogP) is 4.29. The molecule has 3 aromatic carbocycles. The highest BCUT2D eigenvalue weighted by molar-refractivity contribution is 9.10. The molecule has 0 saturated carbocycles. The van der Waals surface area contributed by atoms with Crippen LogP contribution in [0.15, 0.2) is 79.8 Å². The summed E-state index contributed by atoms with van der Waals surface area (Å²) in [7, 11) is 3.03. The molecule has 0 atom stereocenters. The second-order valence-corrected chi connectivity index (χ2v) is 9.21. The second kappa shape index (κ2) is 14.7. The van der Waals surface area contributed by atoms with Crippen LogP contribution in [0, 0.1) is 0 Å². The van der Waals surface area contributed by atoms with E-state index in [1.54, 1.807) is 48.5 Å². The molecule has 0 fully saturated rings. The first kappa shape index (κ1) is 28.7. The first-order chi connectivity index (χ1) is 18.4. The molecular weight excluding hydrogens is 624 g/mol. The maximum atomic E-state index is 12.1. The molecule has 38 heavy (non-hydrogen) atoms. The molecule has 0 aliphatic heterocycles. The number of nitrogens with zero attached hydrogens (tertiary/aromatic N) is 2. The zero-order valence-electron chi connectivity index (χ0n) is 20.4. The van der Waals surface area contributed by atoms with E-state index in [9.17, 15) is 9.59 Å². The first-order valence-corrected chi connectivity index (χ1v) is 12.6. The summed E-state index contributed by atoms with van der Waals surface area (Å²) in [5, 5.41) is 7.94. The molecule has 0 unspecified atom stereocenters. The van der Waals surface area contributed by atoms with Crippen LogP contribution in [-0.2, 0) is 9.59 Å². The lowest BCUT2D eigenvalue weighted by Gasteiger charge is -2.10. The van der Waals surface area contributed by atoms with E-state index in [1.807, 2.05) is 12.1 Å². The summed E-state index contributed by atoms with van der Waals surface area (Å²) in [6, 6.07) is 17.6. The Labute approximate surface area is 236 Å². The third-order valence-electron chi connectivity index (χ3n) is 4.75.